The average Bonchev–Trinajstić information content (AvgIpc) is 3.08. The predicted molar refractivity (Wildman–Crippen MR) is 90.2 cm³/mol. The maximum atomic E-state index is 12.3. The van der Waals surface area contributed by atoms with Gasteiger partial charge in [-0.15, -0.1) is 11.3 Å². The SMILES string of the molecule is O=c1[nH]c(-c2ccccn2)nc2c1CCN(Cc1cccs1)C2. The first kappa shape index (κ1) is 14.3. The van der Waals surface area contributed by atoms with Crippen molar-refractivity contribution in [2.45, 2.75) is 19.5 Å². The number of rotatable bonds is 3. The molecule has 0 spiro atoms. The van der Waals surface area contributed by atoms with Gasteiger partial charge in [0.2, 0.25) is 0 Å². The highest BCUT2D eigenvalue weighted by Gasteiger charge is 2.21. The molecule has 5 nitrogen and oxygen atoms in total. The van der Waals surface area contributed by atoms with Crippen LogP contribution < -0.4 is 5.56 Å². The molecule has 116 valence electrons. The van der Waals surface area contributed by atoms with Gasteiger partial charge in [-0.1, -0.05) is 12.1 Å². The molecule has 1 N–H and O–H groups in total. The third-order valence-electron chi connectivity index (χ3n) is 4.02. The molecule has 4 heterocycles. The molecule has 0 atom stereocenters. The molecule has 3 aromatic heterocycles. The Labute approximate surface area is 137 Å². The topological polar surface area (TPSA) is 61.9 Å². The highest BCUT2D eigenvalue weighted by molar-refractivity contribution is 7.09. The Bertz CT molecular complexity index is 858. The van der Waals surface area contributed by atoms with E-state index < -0.39 is 0 Å². The van der Waals surface area contributed by atoms with Gasteiger partial charge in [0.25, 0.3) is 5.56 Å². The fourth-order valence-electron chi connectivity index (χ4n) is 2.88. The average molecular weight is 324 g/mol. The molecule has 0 aliphatic carbocycles. The molecule has 3 aromatic rings. The molecule has 6 heteroatoms. The van der Waals surface area contributed by atoms with Gasteiger partial charge >= 0.3 is 0 Å². The maximum Gasteiger partial charge on any atom is 0.254 e. The van der Waals surface area contributed by atoms with Crippen LogP contribution in [0.4, 0.5) is 0 Å². The zero-order valence-corrected chi connectivity index (χ0v) is 13.3. The van der Waals surface area contributed by atoms with Gasteiger partial charge in [-0.2, -0.15) is 0 Å². The number of H-pyrrole nitrogens is 1. The van der Waals surface area contributed by atoms with Crippen LogP contribution in [-0.2, 0) is 19.5 Å². The summed E-state index contributed by atoms with van der Waals surface area (Å²) in [7, 11) is 0. The third-order valence-corrected chi connectivity index (χ3v) is 4.88. The van der Waals surface area contributed by atoms with Gasteiger partial charge in [-0.05, 0) is 30.0 Å². The minimum Gasteiger partial charge on any atom is -0.305 e. The van der Waals surface area contributed by atoms with Gasteiger partial charge in [0, 0.05) is 36.3 Å². The minimum atomic E-state index is -0.0357. The van der Waals surface area contributed by atoms with Crippen molar-refractivity contribution in [3.8, 4) is 11.5 Å². The molecule has 0 saturated heterocycles. The van der Waals surface area contributed by atoms with Gasteiger partial charge in [-0.25, -0.2) is 4.98 Å². The number of nitrogens with one attached hydrogen (secondary N) is 1. The number of aromatic amines is 1. The van der Waals surface area contributed by atoms with E-state index in [0.29, 0.717) is 18.1 Å². The minimum absolute atomic E-state index is 0.0357. The zero-order chi connectivity index (χ0) is 15.6. The van der Waals surface area contributed by atoms with Gasteiger partial charge < -0.3 is 4.98 Å². The number of fused-ring (bicyclic) bond motifs is 1. The monoisotopic (exact) mass is 324 g/mol. The molecule has 1 aliphatic heterocycles. The van der Waals surface area contributed by atoms with E-state index in [4.69, 9.17) is 0 Å². The van der Waals surface area contributed by atoms with Crippen molar-refractivity contribution < 1.29 is 0 Å². The summed E-state index contributed by atoms with van der Waals surface area (Å²) in [5.41, 5.74) is 2.35. The highest BCUT2D eigenvalue weighted by atomic mass is 32.1. The Morgan fingerprint density at radius 3 is 3.00 bits per heavy atom. The van der Waals surface area contributed by atoms with E-state index in [2.05, 4.69) is 37.4 Å². The van der Waals surface area contributed by atoms with Crippen LogP contribution in [0, 0.1) is 0 Å². The molecule has 0 bridgehead atoms. The van der Waals surface area contributed by atoms with Crippen molar-refractivity contribution in [1.82, 2.24) is 19.9 Å². The van der Waals surface area contributed by atoms with Crippen molar-refractivity contribution in [1.29, 1.82) is 0 Å². The molecular weight excluding hydrogens is 308 g/mol. The van der Waals surface area contributed by atoms with E-state index in [1.54, 1.807) is 17.5 Å². The number of pyridine rings is 1. The van der Waals surface area contributed by atoms with E-state index in [9.17, 15) is 4.79 Å². The van der Waals surface area contributed by atoms with Crippen LogP contribution in [-0.4, -0.2) is 26.4 Å². The number of nitrogens with zero attached hydrogens (tertiary/aromatic N) is 3. The van der Waals surface area contributed by atoms with Crippen LogP contribution in [0.25, 0.3) is 11.5 Å². The predicted octanol–water partition coefficient (Wildman–Crippen LogP) is 2.45. The van der Waals surface area contributed by atoms with Crippen molar-refractivity contribution in [3.05, 3.63) is 68.4 Å². The maximum absolute atomic E-state index is 12.3. The van der Waals surface area contributed by atoms with E-state index in [-0.39, 0.29) is 5.56 Å². The fourth-order valence-corrected chi connectivity index (χ4v) is 3.62. The summed E-state index contributed by atoms with van der Waals surface area (Å²) in [6.07, 6.45) is 2.45. The Balaban J connectivity index is 1.64. The second-order valence-electron chi connectivity index (χ2n) is 5.59. The lowest BCUT2D eigenvalue weighted by molar-refractivity contribution is 0.242. The highest BCUT2D eigenvalue weighted by Crippen LogP contribution is 2.20. The molecule has 1 aliphatic rings. The number of aromatic nitrogens is 3. The van der Waals surface area contributed by atoms with E-state index in [0.717, 1.165) is 30.8 Å². The van der Waals surface area contributed by atoms with Gasteiger partial charge in [0.05, 0.1) is 5.69 Å². The summed E-state index contributed by atoms with van der Waals surface area (Å²) < 4.78 is 0. The Kier molecular flexibility index (Phi) is 3.77. The van der Waals surface area contributed by atoms with Crippen molar-refractivity contribution in [2.24, 2.45) is 0 Å². The second kappa shape index (κ2) is 6.06. The summed E-state index contributed by atoms with van der Waals surface area (Å²) in [6, 6.07) is 9.81. The Morgan fingerprint density at radius 2 is 2.22 bits per heavy atom. The quantitative estimate of drug-likeness (QED) is 0.804. The smallest absolute Gasteiger partial charge is 0.254 e. The fraction of sp³-hybridized carbons (Fsp3) is 0.235. The van der Waals surface area contributed by atoms with Crippen LogP contribution in [0.5, 0.6) is 0 Å². The van der Waals surface area contributed by atoms with Crippen molar-refractivity contribution in [3.63, 3.8) is 0 Å². The van der Waals surface area contributed by atoms with Crippen LogP contribution in [0.3, 0.4) is 0 Å². The molecule has 0 unspecified atom stereocenters. The van der Waals surface area contributed by atoms with E-state index in [1.807, 2.05) is 18.2 Å². The van der Waals surface area contributed by atoms with Gasteiger partial charge in [0.1, 0.15) is 5.69 Å². The molecule has 0 radical (unpaired) electrons. The van der Waals surface area contributed by atoms with Gasteiger partial charge in [-0.3, -0.25) is 14.7 Å². The van der Waals surface area contributed by atoms with Crippen molar-refractivity contribution in [2.75, 3.05) is 6.54 Å². The summed E-state index contributed by atoms with van der Waals surface area (Å²) in [5, 5.41) is 2.09. The molecule has 0 amide bonds. The van der Waals surface area contributed by atoms with Crippen LogP contribution in [0.15, 0.2) is 46.7 Å². The zero-order valence-electron chi connectivity index (χ0n) is 12.5. The van der Waals surface area contributed by atoms with Gasteiger partial charge in [0.15, 0.2) is 5.82 Å². The second-order valence-corrected chi connectivity index (χ2v) is 6.63. The van der Waals surface area contributed by atoms with Crippen LogP contribution in [0.1, 0.15) is 16.1 Å². The van der Waals surface area contributed by atoms with E-state index in [1.165, 1.54) is 4.88 Å². The first-order valence-corrected chi connectivity index (χ1v) is 8.46. The first-order valence-electron chi connectivity index (χ1n) is 7.58. The molecule has 0 aromatic carbocycles. The summed E-state index contributed by atoms with van der Waals surface area (Å²) in [5.74, 6) is 0.548. The number of thiophene rings is 1. The first-order chi connectivity index (χ1) is 11.3. The molecule has 0 fully saturated rings. The largest absolute Gasteiger partial charge is 0.305 e. The summed E-state index contributed by atoms with van der Waals surface area (Å²) >= 11 is 1.76. The summed E-state index contributed by atoms with van der Waals surface area (Å²) in [4.78, 5) is 27.8. The van der Waals surface area contributed by atoms with Crippen LogP contribution in [0.2, 0.25) is 0 Å². The Hall–Kier alpha value is -2.31. The van der Waals surface area contributed by atoms with Crippen LogP contribution >= 0.6 is 11.3 Å². The number of hydrogen-bond acceptors (Lipinski definition) is 5. The number of hydrogen-bond donors (Lipinski definition) is 1. The summed E-state index contributed by atoms with van der Waals surface area (Å²) in [6.45, 7) is 2.50. The van der Waals surface area contributed by atoms with Crippen molar-refractivity contribution >= 4 is 11.3 Å². The lowest BCUT2D eigenvalue weighted by Crippen LogP contribution is -2.34. The van der Waals surface area contributed by atoms with E-state index >= 15 is 0 Å². The lowest BCUT2D eigenvalue weighted by atomic mass is 10.1. The normalized spacial score (nSPS) is 14.6. The molecule has 4 rings (SSSR count). The third kappa shape index (κ3) is 2.95. The molecular formula is C17H16N4OS. The Morgan fingerprint density at radius 1 is 1.26 bits per heavy atom. The standard InChI is InChI=1S/C17H16N4OS/c22-17-13-6-8-21(10-12-4-3-9-23-12)11-15(13)19-16(20-17)14-5-1-2-7-18-14/h1-5,7,9H,6,8,10-11H2,(H,19,20,22). The molecule has 0 saturated carbocycles. The molecule has 23 heavy (non-hydrogen) atoms. The lowest BCUT2D eigenvalue weighted by Gasteiger charge is -2.27.